The van der Waals surface area contributed by atoms with Crippen LogP contribution in [0, 0.1) is 5.92 Å². The molecule has 2 saturated heterocycles. The van der Waals surface area contributed by atoms with Crippen LogP contribution in [0.2, 0.25) is 0 Å². The first-order chi connectivity index (χ1) is 13.0. The van der Waals surface area contributed by atoms with Crippen LogP contribution in [0.15, 0.2) is 36.0 Å². The van der Waals surface area contributed by atoms with Crippen molar-refractivity contribution in [3.05, 3.63) is 36.0 Å². The van der Waals surface area contributed by atoms with Gasteiger partial charge in [-0.1, -0.05) is 0 Å². The van der Waals surface area contributed by atoms with E-state index in [2.05, 4.69) is 10.3 Å². The van der Waals surface area contributed by atoms with Crippen LogP contribution in [0.5, 0.6) is 0 Å². The van der Waals surface area contributed by atoms with Crippen LogP contribution in [-0.2, 0) is 14.3 Å². The Bertz CT molecular complexity index is 826. The number of carbonyl (C=O) groups excluding carboxylic acids is 2. The van der Waals surface area contributed by atoms with Gasteiger partial charge in [0.05, 0.1) is 6.04 Å². The van der Waals surface area contributed by atoms with Crippen molar-refractivity contribution >= 4 is 23.8 Å². The quantitative estimate of drug-likeness (QED) is 0.585. The molecule has 0 aliphatic carbocycles. The molecule has 2 amide bonds. The lowest BCUT2D eigenvalue weighted by Crippen LogP contribution is -2.71. The molecule has 0 saturated carbocycles. The molecule has 3 atom stereocenters. The van der Waals surface area contributed by atoms with E-state index in [0.717, 1.165) is 0 Å². The topological polar surface area (TPSA) is 121 Å². The Morgan fingerprint density at radius 1 is 1.41 bits per heavy atom. The van der Waals surface area contributed by atoms with Crippen LogP contribution in [0.25, 0.3) is 0 Å². The number of hydrogen-bond donors (Lipinski definition) is 2. The van der Waals surface area contributed by atoms with Gasteiger partial charge < -0.3 is 19.9 Å². The van der Waals surface area contributed by atoms with Crippen molar-refractivity contribution in [3.63, 3.8) is 0 Å². The van der Waals surface area contributed by atoms with E-state index in [-0.39, 0.29) is 36.4 Å². The van der Waals surface area contributed by atoms with Crippen LogP contribution in [0.4, 0.5) is 15.3 Å². The van der Waals surface area contributed by atoms with Crippen molar-refractivity contribution in [1.82, 2.24) is 15.2 Å². The molecule has 0 aromatic carbocycles. The van der Waals surface area contributed by atoms with Crippen LogP contribution in [-0.4, -0.2) is 65.4 Å². The Morgan fingerprint density at radius 2 is 2.15 bits per heavy atom. The molecule has 2 N–H and O–H groups in total. The van der Waals surface area contributed by atoms with E-state index in [4.69, 9.17) is 14.6 Å². The number of anilines is 1. The summed E-state index contributed by atoms with van der Waals surface area (Å²) in [5.41, 5.74) is 1.13. The van der Waals surface area contributed by atoms with Crippen LogP contribution >= 0.6 is 0 Å². The lowest BCUT2D eigenvalue weighted by molar-refractivity contribution is -0.152. The van der Waals surface area contributed by atoms with Gasteiger partial charge in [-0.3, -0.25) is 19.6 Å². The molecule has 142 valence electrons. The summed E-state index contributed by atoms with van der Waals surface area (Å²) in [6.45, 7) is 0.481. The van der Waals surface area contributed by atoms with Gasteiger partial charge in [-0.2, -0.15) is 0 Å². The number of rotatable bonds is 4. The third kappa shape index (κ3) is 2.78. The average molecular weight is 374 g/mol. The third-order valence-corrected chi connectivity index (χ3v) is 5.18. The molecule has 1 aromatic heterocycles. The minimum absolute atomic E-state index is 0.0261. The number of β-lactam (4-membered cyclic amide) rings is 1. The van der Waals surface area contributed by atoms with Crippen molar-refractivity contribution in [2.24, 2.45) is 5.92 Å². The van der Waals surface area contributed by atoms with Gasteiger partial charge in [0, 0.05) is 36.6 Å². The van der Waals surface area contributed by atoms with E-state index >= 15 is 0 Å². The first kappa shape index (κ1) is 17.3. The predicted molar refractivity (Wildman–Crippen MR) is 90.7 cm³/mol. The second-order valence-electron chi connectivity index (χ2n) is 6.54. The predicted octanol–water partition coefficient (Wildman–Crippen LogP) is 0.763. The number of carboxylic acid groups (broad SMARTS) is 1. The molecule has 2 fully saturated rings. The first-order valence-electron chi connectivity index (χ1n) is 8.50. The van der Waals surface area contributed by atoms with Gasteiger partial charge in [0.1, 0.15) is 12.6 Å². The Morgan fingerprint density at radius 3 is 2.85 bits per heavy atom. The minimum Gasteiger partial charge on any atom is -0.449 e. The van der Waals surface area contributed by atoms with Gasteiger partial charge in [-0.25, -0.2) is 9.59 Å². The monoisotopic (exact) mass is 374 g/mol. The summed E-state index contributed by atoms with van der Waals surface area (Å²) in [5.74, 6) is -0.347. The number of nitrogens with one attached hydrogen (secondary N) is 1. The molecule has 10 heteroatoms. The fourth-order valence-electron chi connectivity index (χ4n) is 3.90. The Hall–Kier alpha value is -3.14. The minimum atomic E-state index is -1.51. The number of carbonyl (C=O) groups is 3. The Kier molecular flexibility index (Phi) is 4.19. The summed E-state index contributed by atoms with van der Waals surface area (Å²) in [5, 5.41) is 12.2. The Labute approximate surface area is 154 Å². The lowest BCUT2D eigenvalue weighted by Gasteiger charge is -2.48. The van der Waals surface area contributed by atoms with Crippen molar-refractivity contribution in [2.45, 2.75) is 18.5 Å². The normalized spacial score (nSPS) is 25.6. The van der Waals surface area contributed by atoms with Gasteiger partial charge in [-0.15, -0.1) is 0 Å². The van der Waals surface area contributed by atoms with E-state index in [1.54, 1.807) is 31.6 Å². The second kappa shape index (κ2) is 6.54. The van der Waals surface area contributed by atoms with E-state index in [9.17, 15) is 14.4 Å². The zero-order valence-corrected chi connectivity index (χ0v) is 14.5. The maximum Gasteiger partial charge on any atom is 0.512 e. The number of amides is 2. The van der Waals surface area contributed by atoms with Crippen molar-refractivity contribution in [2.75, 3.05) is 25.1 Å². The maximum atomic E-state index is 12.4. The second-order valence-corrected chi connectivity index (χ2v) is 6.54. The van der Waals surface area contributed by atoms with E-state index in [0.29, 0.717) is 24.2 Å². The molecular weight excluding hydrogens is 356 g/mol. The van der Waals surface area contributed by atoms with E-state index < -0.39 is 12.2 Å². The van der Waals surface area contributed by atoms with Crippen molar-refractivity contribution in [3.8, 4) is 0 Å². The molecule has 0 radical (unpaired) electrons. The van der Waals surface area contributed by atoms with Crippen LogP contribution < -0.4 is 10.2 Å². The van der Waals surface area contributed by atoms with Crippen LogP contribution in [0.1, 0.15) is 6.42 Å². The number of nitrogens with zero attached hydrogens (tertiary/aromatic N) is 3. The molecule has 27 heavy (non-hydrogen) atoms. The van der Waals surface area contributed by atoms with Gasteiger partial charge >= 0.3 is 12.2 Å². The van der Waals surface area contributed by atoms with Gasteiger partial charge in [0.2, 0.25) is 11.8 Å². The molecule has 0 spiro atoms. The molecule has 0 bridgehead atoms. The number of hydrogen-bond acceptors (Lipinski definition) is 7. The molecule has 1 aromatic rings. The third-order valence-electron chi connectivity index (χ3n) is 5.18. The summed E-state index contributed by atoms with van der Waals surface area (Å²) in [7, 11) is 1.56. The van der Waals surface area contributed by atoms with E-state index in [1.165, 1.54) is 9.80 Å². The lowest BCUT2D eigenvalue weighted by atomic mass is 9.79. The number of ether oxygens (including phenoxy) is 2. The molecule has 3 aliphatic rings. The SMILES string of the molecule is CN(C(=O)OCC1=C(OC(=O)O)N2C(=O)[C@H]3NCCC1[C@H]32)c1ccncc1. The number of aromatic nitrogens is 1. The molecule has 10 nitrogen and oxygen atoms in total. The number of pyridine rings is 1. The fraction of sp³-hybridized carbons (Fsp3) is 0.412. The van der Waals surface area contributed by atoms with Gasteiger partial charge in [-0.05, 0) is 25.1 Å². The first-order valence-corrected chi connectivity index (χ1v) is 8.50. The summed E-state index contributed by atoms with van der Waals surface area (Å²) < 4.78 is 10.3. The van der Waals surface area contributed by atoms with E-state index in [1.807, 2.05) is 0 Å². The highest BCUT2D eigenvalue weighted by Crippen LogP contribution is 2.46. The largest absolute Gasteiger partial charge is 0.512 e. The highest BCUT2D eigenvalue weighted by molar-refractivity contribution is 5.93. The summed E-state index contributed by atoms with van der Waals surface area (Å²) in [4.78, 5) is 42.3. The van der Waals surface area contributed by atoms with Crippen molar-refractivity contribution in [1.29, 1.82) is 0 Å². The highest BCUT2D eigenvalue weighted by Gasteiger charge is 2.61. The maximum absolute atomic E-state index is 12.4. The number of piperidine rings is 1. The molecule has 3 aliphatic heterocycles. The van der Waals surface area contributed by atoms with Crippen LogP contribution in [0.3, 0.4) is 0 Å². The fourth-order valence-corrected chi connectivity index (χ4v) is 3.90. The standard InChI is InChI=1S/C17H18N4O6/c1-20(9-2-5-18-6-3-9)16(23)26-8-11-10-4-7-19-12-13(10)21(14(12)22)15(11)27-17(24)25/h2-3,5-6,10,12-13,19H,4,7-8H2,1H3,(H,24,25)/t10?,12-,13+/m0/s1. The Balaban J connectivity index is 1.52. The average Bonchev–Trinajstić information content (AvgIpc) is 2.97. The molecule has 1 unspecified atom stereocenters. The highest BCUT2D eigenvalue weighted by atomic mass is 16.7. The molecule has 4 heterocycles. The zero-order chi connectivity index (χ0) is 19.1. The van der Waals surface area contributed by atoms with Gasteiger partial charge in [0.15, 0.2) is 0 Å². The summed E-state index contributed by atoms with van der Waals surface area (Å²) in [6, 6.07) is 2.80. The molecular formula is C17H18N4O6. The molecule has 4 rings (SSSR count). The summed E-state index contributed by atoms with van der Waals surface area (Å²) >= 11 is 0. The summed E-state index contributed by atoms with van der Waals surface area (Å²) in [6.07, 6.45) is 1.71. The van der Waals surface area contributed by atoms with Crippen molar-refractivity contribution < 1.29 is 29.0 Å². The smallest absolute Gasteiger partial charge is 0.449 e. The zero-order valence-electron chi connectivity index (χ0n) is 14.5. The van der Waals surface area contributed by atoms with Gasteiger partial charge in [0.25, 0.3) is 0 Å².